The van der Waals surface area contributed by atoms with Crippen LogP contribution in [0.2, 0.25) is 5.02 Å². The highest BCUT2D eigenvalue weighted by molar-refractivity contribution is 6.30. The number of carbonyl (C=O) groups is 1. The summed E-state index contributed by atoms with van der Waals surface area (Å²) in [7, 11) is 0. The van der Waals surface area contributed by atoms with Crippen LogP contribution in [0.4, 0.5) is 5.69 Å². The summed E-state index contributed by atoms with van der Waals surface area (Å²) in [6.45, 7) is 0.660. The van der Waals surface area contributed by atoms with Gasteiger partial charge < -0.3 is 19.5 Å². The van der Waals surface area contributed by atoms with Crippen molar-refractivity contribution in [2.75, 3.05) is 6.61 Å². The third-order valence-corrected chi connectivity index (χ3v) is 4.92. The number of para-hydroxylation sites is 1. The van der Waals surface area contributed by atoms with Crippen molar-refractivity contribution >= 4 is 34.1 Å². The Labute approximate surface area is 182 Å². The van der Waals surface area contributed by atoms with E-state index in [1.165, 1.54) is 24.3 Å². The van der Waals surface area contributed by atoms with Crippen molar-refractivity contribution in [3.05, 3.63) is 83.4 Å². The Balaban J connectivity index is 1.56. The van der Waals surface area contributed by atoms with Crippen molar-refractivity contribution in [3.63, 3.8) is 0 Å². The third kappa shape index (κ3) is 4.51. The number of phenols is 1. The zero-order chi connectivity index (χ0) is 21.8. The molecule has 3 aromatic carbocycles. The minimum Gasteiger partial charge on any atom is -0.508 e. The SMILES string of the molecule is O=C(N=Nc1c(O)n(CCOc2ccc(Cl)cc2)c2ccccc12)c1ccc(O)cc1. The number of benzene rings is 3. The molecule has 0 aliphatic rings. The van der Waals surface area contributed by atoms with E-state index in [0.717, 1.165) is 5.52 Å². The molecular formula is C23H18ClN3O4. The van der Waals surface area contributed by atoms with E-state index < -0.39 is 5.91 Å². The molecule has 0 fully saturated rings. The van der Waals surface area contributed by atoms with Crippen LogP contribution in [-0.2, 0) is 6.54 Å². The molecule has 7 nitrogen and oxygen atoms in total. The van der Waals surface area contributed by atoms with Gasteiger partial charge in [-0.15, -0.1) is 10.2 Å². The second-order valence-corrected chi connectivity index (χ2v) is 7.13. The summed E-state index contributed by atoms with van der Waals surface area (Å²) < 4.78 is 7.38. The van der Waals surface area contributed by atoms with E-state index in [9.17, 15) is 15.0 Å². The van der Waals surface area contributed by atoms with Crippen LogP contribution in [0.1, 0.15) is 10.4 Å². The fraction of sp³-hybridized carbons (Fsp3) is 0.0870. The van der Waals surface area contributed by atoms with Crippen molar-refractivity contribution in [1.82, 2.24) is 4.57 Å². The number of halogens is 1. The maximum atomic E-state index is 12.3. The number of phenolic OH excluding ortho intramolecular Hbond substituents is 1. The first kappa shape index (κ1) is 20.4. The zero-order valence-electron chi connectivity index (χ0n) is 16.3. The number of nitrogens with zero attached hydrogens (tertiary/aromatic N) is 3. The van der Waals surface area contributed by atoms with Gasteiger partial charge in [-0.2, -0.15) is 0 Å². The summed E-state index contributed by atoms with van der Waals surface area (Å²) in [5.74, 6) is 0.0280. The summed E-state index contributed by atoms with van der Waals surface area (Å²) >= 11 is 5.88. The lowest BCUT2D eigenvalue weighted by Gasteiger charge is -2.09. The molecule has 1 amide bonds. The van der Waals surface area contributed by atoms with Gasteiger partial charge in [-0.1, -0.05) is 29.8 Å². The lowest BCUT2D eigenvalue weighted by atomic mass is 10.2. The molecule has 0 atom stereocenters. The molecule has 0 saturated heterocycles. The Hall–Kier alpha value is -3.84. The molecule has 2 N–H and O–H groups in total. The van der Waals surface area contributed by atoms with Gasteiger partial charge in [-0.25, -0.2) is 0 Å². The first-order chi connectivity index (χ1) is 15.0. The summed E-state index contributed by atoms with van der Waals surface area (Å²) in [5, 5.41) is 29.1. The van der Waals surface area contributed by atoms with Crippen LogP contribution < -0.4 is 4.74 Å². The van der Waals surface area contributed by atoms with Crippen molar-refractivity contribution < 1.29 is 19.7 Å². The van der Waals surface area contributed by atoms with Crippen LogP contribution in [0.15, 0.2) is 83.0 Å². The molecule has 1 aromatic heterocycles. The molecule has 8 heteroatoms. The molecule has 0 unspecified atom stereocenters. The lowest BCUT2D eigenvalue weighted by molar-refractivity contribution is 0.0995. The van der Waals surface area contributed by atoms with Crippen molar-refractivity contribution in [3.8, 4) is 17.4 Å². The molecule has 0 aliphatic carbocycles. The number of amides is 1. The van der Waals surface area contributed by atoms with E-state index in [-0.39, 0.29) is 22.9 Å². The van der Waals surface area contributed by atoms with Gasteiger partial charge in [-0.05, 0) is 54.6 Å². The fourth-order valence-electron chi connectivity index (χ4n) is 3.14. The highest BCUT2D eigenvalue weighted by atomic mass is 35.5. The third-order valence-electron chi connectivity index (χ3n) is 4.67. The number of azo groups is 1. The largest absolute Gasteiger partial charge is 0.508 e. The van der Waals surface area contributed by atoms with Crippen LogP contribution in [0, 0.1) is 0 Å². The predicted octanol–water partition coefficient (Wildman–Crippen LogP) is 5.71. The van der Waals surface area contributed by atoms with Crippen LogP contribution in [0.3, 0.4) is 0 Å². The molecule has 156 valence electrons. The van der Waals surface area contributed by atoms with Gasteiger partial charge in [0.2, 0.25) is 5.88 Å². The first-order valence-corrected chi connectivity index (χ1v) is 9.84. The molecule has 31 heavy (non-hydrogen) atoms. The summed E-state index contributed by atoms with van der Waals surface area (Å²) in [6.07, 6.45) is 0. The van der Waals surface area contributed by atoms with Gasteiger partial charge in [-0.3, -0.25) is 4.79 Å². The average Bonchev–Trinajstić information content (AvgIpc) is 3.05. The molecule has 4 aromatic rings. The standard InChI is InChI=1S/C23H18ClN3O4/c24-16-7-11-18(12-8-16)31-14-13-27-20-4-2-1-3-19(20)21(23(27)30)25-26-22(29)15-5-9-17(28)10-6-15/h1-12,28,30H,13-14H2. The minimum atomic E-state index is -0.581. The lowest BCUT2D eigenvalue weighted by Crippen LogP contribution is -2.07. The number of hydrogen-bond donors (Lipinski definition) is 2. The number of hydrogen-bond acceptors (Lipinski definition) is 5. The predicted molar refractivity (Wildman–Crippen MR) is 118 cm³/mol. The first-order valence-electron chi connectivity index (χ1n) is 9.46. The highest BCUT2D eigenvalue weighted by Gasteiger charge is 2.17. The zero-order valence-corrected chi connectivity index (χ0v) is 17.0. The van der Waals surface area contributed by atoms with Gasteiger partial charge in [0, 0.05) is 16.0 Å². The van der Waals surface area contributed by atoms with Crippen molar-refractivity contribution in [2.45, 2.75) is 6.54 Å². The number of ether oxygens (including phenoxy) is 1. The normalized spacial score (nSPS) is 11.3. The van der Waals surface area contributed by atoms with E-state index in [2.05, 4.69) is 10.2 Å². The number of carbonyl (C=O) groups excluding carboxylic acids is 1. The Morgan fingerprint density at radius 3 is 2.42 bits per heavy atom. The number of aromatic hydroxyl groups is 2. The number of aromatic nitrogens is 1. The number of fused-ring (bicyclic) bond motifs is 1. The molecule has 0 spiro atoms. The van der Waals surface area contributed by atoms with Gasteiger partial charge >= 0.3 is 0 Å². The van der Waals surface area contributed by atoms with Crippen molar-refractivity contribution in [2.24, 2.45) is 10.2 Å². The monoisotopic (exact) mass is 435 g/mol. The van der Waals surface area contributed by atoms with E-state index in [1.807, 2.05) is 18.2 Å². The molecule has 0 radical (unpaired) electrons. The quantitative estimate of drug-likeness (QED) is 0.379. The second kappa shape index (κ2) is 8.89. The minimum absolute atomic E-state index is 0.0509. The Kier molecular flexibility index (Phi) is 5.86. The Bertz CT molecular complexity index is 1250. The van der Waals surface area contributed by atoms with E-state index >= 15 is 0 Å². The Morgan fingerprint density at radius 2 is 1.68 bits per heavy atom. The summed E-state index contributed by atoms with van der Waals surface area (Å²) in [6, 6.07) is 20.0. The van der Waals surface area contributed by atoms with Gasteiger partial charge in [0.05, 0.1) is 12.1 Å². The Morgan fingerprint density at radius 1 is 0.968 bits per heavy atom. The molecule has 0 bridgehead atoms. The average molecular weight is 436 g/mol. The van der Waals surface area contributed by atoms with Crippen LogP contribution in [0.25, 0.3) is 10.9 Å². The molecule has 4 rings (SSSR count). The highest BCUT2D eigenvalue weighted by Crippen LogP contribution is 2.38. The van der Waals surface area contributed by atoms with Gasteiger partial charge in [0.15, 0.2) is 5.69 Å². The smallest absolute Gasteiger partial charge is 0.295 e. The maximum Gasteiger partial charge on any atom is 0.295 e. The summed E-state index contributed by atoms with van der Waals surface area (Å²) in [4.78, 5) is 12.3. The molecule has 0 saturated carbocycles. The van der Waals surface area contributed by atoms with E-state index in [0.29, 0.717) is 29.3 Å². The van der Waals surface area contributed by atoms with Gasteiger partial charge in [0.25, 0.3) is 5.91 Å². The van der Waals surface area contributed by atoms with Crippen LogP contribution in [-0.4, -0.2) is 27.3 Å². The second-order valence-electron chi connectivity index (χ2n) is 6.70. The molecular weight excluding hydrogens is 418 g/mol. The molecule has 1 heterocycles. The van der Waals surface area contributed by atoms with E-state index in [4.69, 9.17) is 16.3 Å². The van der Waals surface area contributed by atoms with Crippen molar-refractivity contribution in [1.29, 1.82) is 0 Å². The van der Waals surface area contributed by atoms with Crippen LogP contribution >= 0.6 is 11.6 Å². The summed E-state index contributed by atoms with van der Waals surface area (Å²) in [5.41, 5.74) is 1.22. The fourth-order valence-corrected chi connectivity index (χ4v) is 3.27. The number of rotatable bonds is 6. The topological polar surface area (TPSA) is 96.4 Å². The van der Waals surface area contributed by atoms with Crippen LogP contribution in [0.5, 0.6) is 17.4 Å². The molecule has 0 aliphatic heterocycles. The van der Waals surface area contributed by atoms with E-state index in [1.54, 1.807) is 34.9 Å². The van der Waals surface area contributed by atoms with Gasteiger partial charge in [0.1, 0.15) is 18.1 Å². The maximum absolute atomic E-state index is 12.3.